The van der Waals surface area contributed by atoms with Crippen LogP contribution >= 0.6 is 11.6 Å². The molecule has 1 heterocycles. The molecule has 1 aromatic heterocycles. The fraction of sp³-hybridized carbons (Fsp3) is 0.143. The summed E-state index contributed by atoms with van der Waals surface area (Å²) in [7, 11) is 0. The van der Waals surface area contributed by atoms with Gasteiger partial charge in [-0.1, -0.05) is 23.7 Å². The fourth-order valence-electron chi connectivity index (χ4n) is 1.67. The normalized spacial score (nSPS) is 10.2. The summed E-state index contributed by atoms with van der Waals surface area (Å²) in [6.45, 7) is 2.28. The van der Waals surface area contributed by atoms with Crippen LogP contribution in [0.2, 0.25) is 5.02 Å². The summed E-state index contributed by atoms with van der Waals surface area (Å²) in [4.78, 5) is 11.3. The van der Waals surface area contributed by atoms with E-state index in [1.807, 2.05) is 53.4 Å². The minimum absolute atomic E-state index is 0.0745. The first-order chi connectivity index (χ1) is 8.15. The lowest BCUT2D eigenvalue weighted by Gasteiger charge is -1.99. The highest BCUT2D eigenvalue weighted by molar-refractivity contribution is 6.30. The van der Waals surface area contributed by atoms with Gasteiger partial charge in [-0.3, -0.25) is 4.79 Å². The van der Waals surface area contributed by atoms with E-state index in [0.29, 0.717) is 6.54 Å². The van der Waals surface area contributed by atoms with E-state index in [1.54, 1.807) is 6.92 Å². The number of aromatic nitrogens is 1. The Morgan fingerprint density at radius 2 is 2.12 bits per heavy atom. The molecule has 0 aliphatic carbocycles. The quantitative estimate of drug-likeness (QED) is 0.603. The number of carbonyl (C=O) groups excluding carboxylic acids is 1. The lowest BCUT2D eigenvalue weighted by atomic mass is 10.2. The molecule has 0 radical (unpaired) electrons. The highest BCUT2D eigenvalue weighted by atomic mass is 35.5. The summed E-state index contributed by atoms with van der Waals surface area (Å²) < 4.78 is 1.97. The van der Waals surface area contributed by atoms with E-state index in [2.05, 4.69) is 0 Å². The Bertz CT molecular complexity index is 551. The molecule has 86 valence electrons. The fourth-order valence-corrected chi connectivity index (χ4v) is 1.89. The third-order valence-corrected chi connectivity index (χ3v) is 2.75. The van der Waals surface area contributed by atoms with Crippen LogP contribution in [0.4, 0.5) is 0 Å². The van der Waals surface area contributed by atoms with Crippen molar-refractivity contribution in [2.45, 2.75) is 13.5 Å². The Morgan fingerprint density at radius 3 is 2.82 bits per heavy atom. The lowest BCUT2D eigenvalue weighted by molar-refractivity contribution is -0.688. The van der Waals surface area contributed by atoms with E-state index >= 15 is 0 Å². The summed E-state index contributed by atoms with van der Waals surface area (Å²) in [5, 5.41) is 0.728. The Balaban J connectivity index is 2.24. The summed E-state index contributed by atoms with van der Waals surface area (Å²) in [6, 6.07) is 11.4. The second kappa shape index (κ2) is 5.11. The van der Waals surface area contributed by atoms with Gasteiger partial charge in [-0.05, 0) is 25.1 Å². The monoisotopic (exact) mass is 246 g/mol. The van der Waals surface area contributed by atoms with E-state index in [4.69, 9.17) is 11.6 Å². The molecule has 0 unspecified atom stereocenters. The molecule has 2 rings (SSSR count). The van der Waals surface area contributed by atoms with E-state index in [9.17, 15) is 4.79 Å². The van der Waals surface area contributed by atoms with Crippen molar-refractivity contribution in [1.82, 2.24) is 0 Å². The molecule has 2 aromatic rings. The molecule has 1 aromatic carbocycles. The predicted molar refractivity (Wildman–Crippen MR) is 67.2 cm³/mol. The molecule has 0 saturated carbocycles. The van der Waals surface area contributed by atoms with Crippen LogP contribution in [0.15, 0.2) is 48.8 Å². The number of ketones is 1. The van der Waals surface area contributed by atoms with E-state index < -0.39 is 0 Å². The van der Waals surface area contributed by atoms with Gasteiger partial charge in [-0.2, -0.15) is 0 Å². The van der Waals surface area contributed by atoms with Gasteiger partial charge >= 0.3 is 0 Å². The predicted octanol–water partition coefficient (Wildman–Crippen LogP) is 2.88. The van der Waals surface area contributed by atoms with Gasteiger partial charge < -0.3 is 0 Å². The third kappa shape index (κ3) is 3.14. The maximum absolute atomic E-state index is 11.3. The van der Waals surface area contributed by atoms with Crippen LogP contribution in [-0.4, -0.2) is 5.78 Å². The van der Waals surface area contributed by atoms with Crippen molar-refractivity contribution >= 4 is 17.4 Å². The molecule has 0 aliphatic heterocycles. The molecule has 0 spiro atoms. The van der Waals surface area contributed by atoms with Gasteiger partial charge in [-0.15, -0.1) is 0 Å². The lowest BCUT2D eigenvalue weighted by Crippen LogP contribution is -2.34. The SMILES string of the molecule is CC(=O)c1ccc[n+](Cc2cccc(Cl)c2)c1. The molecule has 0 fully saturated rings. The summed E-state index contributed by atoms with van der Waals surface area (Å²) in [5.41, 5.74) is 1.83. The first-order valence-corrected chi connectivity index (χ1v) is 5.77. The van der Waals surface area contributed by atoms with Crippen LogP contribution in [0.3, 0.4) is 0 Å². The zero-order chi connectivity index (χ0) is 12.3. The standard InChI is InChI=1S/C14H13ClNO/c1-11(17)13-5-3-7-16(10-13)9-12-4-2-6-14(15)8-12/h2-8,10H,9H2,1H3/q+1. The second-order valence-electron chi connectivity index (χ2n) is 3.95. The number of hydrogen-bond donors (Lipinski definition) is 0. The van der Waals surface area contributed by atoms with Gasteiger partial charge in [0.25, 0.3) is 0 Å². The van der Waals surface area contributed by atoms with Crippen LogP contribution in [-0.2, 0) is 6.54 Å². The van der Waals surface area contributed by atoms with Crippen LogP contribution in [0, 0.1) is 0 Å². The molecular formula is C14H13ClNO+. The van der Waals surface area contributed by atoms with Crippen molar-refractivity contribution in [3.63, 3.8) is 0 Å². The van der Waals surface area contributed by atoms with Crippen molar-refractivity contribution in [2.24, 2.45) is 0 Å². The molecule has 0 N–H and O–H groups in total. The maximum Gasteiger partial charge on any atom is 0.179 e. The summed E-state index contributed by atoms with van der Waals surface area (Å²) in [6.07, 6.45) is 3.79. The molecule has 0 atom stereocenters. The number of pyridine rings is 1. The van der Waals surface area contributed by atoms with E-state index in [1.165, 1.54) is 0 Å². The summed E-state index contributed by atoms with van der Waals surface area (Å²) >= 11 is 5.93. The van der Waals surface area contributed by atoms with Crippen LogP contribution in [0.25, 0.3) is 0 Å². The molecule has 0 bridgehead atoms. The largest absolute Gasteiger partial charge is 0.294 e. The smallest absolute Gasteiger partial charge is 0.179 e. The average Bonchev–Trinajstić information content (AvgIpc) is 2.29. The van der Waals surface area contributed by atoms with Crippen LogP contribution < -0.4 is 4.57 Å². The summed E-state index contributed by atoms with van der Waals surface area (Å²) in [5.74, 6) is 0.0745. The number of Topliss-reactive ketones (excluding diaryl/α,β-unsaturated/α-hetero) is 1. The highest BCUT2D eigenvalue weighted by Crippen LogP contribution is 2.10. The van der Waals surface area contributed by atoms with Crippen molar-refractivity contribution in [3.8, 4) is 0 Å². The Morgan fingerprint density at radius 1 is 1.29 bits per heavy atom. The molecule has 17 heavy (non-hydrogen) atoms. The van der Waals surface area contributed by atoms with E-state index in [-0.39, 0.29) is 5.78 Å². The minimum Gasteiger partial charge on any atom is -0.294 e. The van der Waals surface area contributed by atoms with Gasteiger partial charge in [0.15, 0.2) is 24.7 Å². The van der Waals surface area contributed by atoms with Gasteiger partial charge in [0.1, 0.15) is 0 Å². The Labute approximate surface area is 105 Å². The second-order valence-corrected chi connectivity index (χ2v) is 4.39. The van der Waals surface area contributed by atoms with Gasteiger partial charge in [-0.25, -0.2) is 4.57 Å². The van der Waals surface area contributed by atoms with Gasteiger partial charge in [0, 0.05) is 16.7 Å². The van der Waals surface area contributed by atoms with Crippen molar-refractivity contribution in [2.75, 3.05) is 0 Å². The first-order valence-electron chi connectivity index (χ1n) is 5.39. The third-order valence-electron chi connectivity index (χ3n) is 2.52. The van der Waals surface area contributed by atoms with Crippen molar-refractivity contribution in [1.29, 1.82) is 0 Å². The van der Waals surface area contributed by atoms with Crippen LogP contribution in [0.5, 0.6) is 0 Å². The minimum atomic E-state index is 0.0745. The number of benzene rings is 1. The topological polar surface area (TPSA) is 20.9 Å². The number of rotatable bonds is 3. The Kier molecular flexibility index (Phi) is 3.55. The molecule has 0 aliphatic rings. The number of hydrogen-bond acceptors (Lipinski definition) is 1. The number of halogens is 1. The molecule has 2 nitrogen and oxygen atoms in total. The van der Waals surface area contributed by atoms with Crippen molar-refractivity contribution in [3.05, 3.63) is 64.9 Å². The number of nitrogens with zero attached hydrogens (tertiary/aromatic N) is 1. The van der Waals surface area contributed by atoms with Crippen molar-refractivity contribution < 1.29 is 9.36 Å². The zero-order valence-electron chi connectivity index (χ0n) is 9.56. The molecule has 3 heteroatoms. The maximum atomic E-state index is 11.3. The molecular weight excluding hydrogens is 234 g/mol. The Hall–Kier alpha value is -1.67. The molecule has 0 saturated heterocycles. The first kappa shape index (κ1) is 11.8. The van der Waals surface area contributed by atoms with Gasteiger partial charge in [0.2, 0.25) is 0 Å². The molecule has 0 amide bonds. The average molecular weight is 247 g/mol. The van der Waals surface area contributed by atoms with Gasteiger partial charge in [0.05, 0.1) is 5.56 Å². The number of carbonyl (C=O) groups is 1. The van der Waals surface area contributed by atoms with Crippen LogP contribution in [0.1, 0.15) is 22.8 Å². The zero-order valence-corrected chi connectivity index (χ0v) is 10.3. The highest BCUT2D eigenvalue weighted by Gasteiger charge is 2.07. The van der Waals surface area contributed by atoms with E-state index in [0.717, 1.165) is 16.1 Å².